The zero-order valence-corrected chi connectivity index (χ0v) is 6.07. The van der Waals surface area contributed by atoms with Crippen LogP contribution in [-0.2, 0) is 19.1 Å². The highest BCUT2D eigenvalue weighted by Gasteiger charge is 2.16. The second-order valence-electron chi connectivity index (χ2n) is 2.05. The first-order chi connectivity index (χ1) is 5.07. The number of carbonyl (C=O) groups is 3. The summed E-state index contributed by atoms with van der Waals surface area (Å²) >= 11 is 0. The number of hydrogen-bond donors (Lipinski definition) is 1. The summed E-state index contributed by atoms with van der Waals surface area (Å²) in [6, 6.07) is -1.03. The van der Waals surface area contributed by atoms with Gasteiger partial charge in [-0.25, -0.2) is 4.79 Å². The lowest BCUT2D eigenvalue weighted by molar-refractivity contribution is -0.153. The van der Waals surface area contributed by atoms with Gasteiger partial charge in [-0.15, -0.1) is 0 Å². The average Bonchev–Trinajstić information content (AvgIpc) is 1.86. The van der Waals surface area contributed by atoms with Crippen LogP contribution < -0.4 is 5.73 Å². The van der Waals surface area contributed by atoms with Gasteiger partial charge in [0.15, 0.2) is 0 Å². The van der Waals surface area contributed by atoms with Gasteiger partial charge in [0.2, 0.25) is 0 Å². The van der Waals surface area contributed by atoms with Crippen molar-refractivity contribution in [1.82, 2.24) is 0 Å². The van der Waals surface area contributed by atoms with E-state index in [4.69, 9.17) is 5.73 Å². The molecule has 0 amide bonds. The average molecular weight is 159 g/mol. The topological polar surface area (TPSA) is 86.5 Å². The van der Waals surface area contributed by atoms with Crippen LogP contribution in [0.3, 0.4) is 0 Å². The van der Waals surface area contributed by atoms with Gasteiger partial charge in [0.1, 0.15) is 11.8 Å². The molecule has 0 aliphatic carbocycles. The third-order valence-electron chi connectivity index (χ3n) is 0.974. The van der Waals surface area contributed by atoms with Crippen LogP contribution in [0.1, 0.15) is 13.3 Å². The second-order valence-corrected chi connectivity index (χ2v) is 2.05. The number of ketones is 1. The lowest BCUT2D eigenvalue weighted by atomic mass is 10.2. The van der Waals surface area contributed by atoms with Gasteiger partial charge in [-0.1, -0.05) is 0 Å². The molecule has 0 rings (SSSR count). The Kier molecular flexibility index (Phi) is 4.05. The molecular formula is C6H9NO4. The smallest absolute Gasteiger partial charge is 0.330 e. The van der Waals surface area contributed by atoms with Gasteiger partial charge in [-0.3, -0.25) is 9.59 Å². The van der Waals surface area contributed by atoms with Crippen LogP contribution in [0.2, 0.25) is 0 Å². The van der Waals surface area contributed by atoms with Gasteiger partial charge in [0.05, 0.1) is 0 Å². The van der Waals surface area contributed by atoms with Crippen molar-refractivity contribution in [3.8, 4) is 0 Å². The largest absolute Gasteiger partial charge is 0.394 e. The second kappa shape index (κ2) is 4.56. The van der Waals surface area contributed by atoms with E-state index in [1.807, 2.05) is 0 Å². The quantitative estimate of drug-likeness (QED) is 0.322. The molecule has 1 atom stereocenters. The van der Waals surface area contributed by atoms with Crippen LogP contribution in [0.5, 0.6) is 0 Å². The molecule has 0 spiro atoms. The molecule has 5 heteroatoms. The number of esters is 1. The van der Waals surface area contributed by atoms with Crippen molar-refractivity contribution in [3.63, 3.8) is 0 Å². The van der Waals surface area contributed by atoms with Gasteiger partial charge in [-0.2, -0.15) is 0 Å². The van der Waals surface area contributed by atoms with Crippen LogP contribution in [0.4, 0.5) is 0 Å². The van der Waals surface area contributed by atoms with Gasteiger partial charge in [0.25, 0.3) is 0 Å². The van der Waals surface area contributed by atoms with Gasteiger partial charge >= 0.3 is 12.4 Å². The molecule has 5 nitrogen and oxygen atoms in total. The number of nitrogens with two attached hydrogens (primary N) is 1. The van der Waals surface area contributed by atoms with Crippen LogP contribution in [0.25, 0.3) is 0 Å². The summed E-state index contributed by atoms with van der Waals surface area (Å²) in [7, 11) is 0. The van der Waals surface area contributed by atoms with Gasteiger partial charge in [0, 0.05) is 6.42 Å². The minimum absolute atomic E-state index is 0.0116. The molecule has 0 fully saturated rings. The number of Topliss-reactive ketones (excluding diaryl/α,β-unsaturated/α-hetero) is 1. The zero-order chi connectivity index (χ0) is 8.85. The molecular weight excluding hydrogens is 150 g/mol. The summed E-state index contributed by atoms with van der Waals surface area (Å²) in [4.78, 5) is 30.6. The molecule has 62 valence electrons. The Labute approximate surface area is 63.5 Å². The molecule has 0 bridgehead atoms. The summed E-state index contributed by atoms with van der Waals surface area (Å²) in [6.45, 7) is 1.29. The summed E-state index contributed by atoms with van der Waals surface area (Å²) < 4.78 is 3.91. The standard InChI is InChI=1S/C6H9NO4/c1-4(9)2-5(7)6(10)11-3-8/h3,5H,2,7H2,1H3. The fourth-order valence-electron chi connectivity index (χ4n) is 0.528. The Morgan fingerprint density at radius 1 is 1.64 bits per heavy atom. The van der Waals surface area contributed by atoms with E-state index in [9.17, 15) is 14.4 Å². The molecule has 0 aliphatic heterocycles. The lowest BCUT2D eigenvalue weighted by Gasteiger charge is -2.03. The molecule has 0 radical (unpaired) electrons. The zero-order valence-electron chi connectivity index (χ0n) is 6.07. The van der Waals surface area contributed by atoms with Crippen molar-refractivity contribution in [1.29, 1.82) is 0 Å². The first-order valence-electron chi connectivity index (χ1n) is 2.97. The first kappa shape index (κ1) is 9.77. The third-order valence-corrected chi connectivity index (χ3v) is 0.974. The van der Waals surface area contributed by atoms with E-state index in [1.54, 1.807) is 0 Å². The Bertz CT molecular complexity index is 177. The molecule has 2 N–H and O–H groups in total. The highest BCUT2D eigenvalue weighted by Crippen LogP contribution is 1.91. The molecule has 0 aliphatic rings. The van der Waals surface area contributed by atoms with E-state index in [2.05, 4.69) is 4.74 Å². The minimum atomic E-state index is -1.03. The molecule has 11 heavy (non-hydrogen) atoms. The third kappa shape index (κ3) is 4.21. The maximum Gasteiger partial charge on any atom is 0.330 e. The minimum Gasteiger partial charge on any atom is -0.394 e. The lowest BCUT2D eigenvalue weighted by Crippen LogP contribution is -2.33. The normalized spacial score (nSPS) is 11.8. The van der Waals surface area contributed by atoms with Gasteiger partial charge < -0.3 is 10.5 Å². The van der Waals surface area contributed by atoms with Crippen molar-refractivity contribution >= 4 is 18.2 Å². The number of hydrogen-bond acceptors (Lipinski definition) is 5. The van der Waals surface area contributed by atoms with Crippen molar-refractivity contribution in [2.75, 3.05) is 0 Å². The SMILES string of the molecule is CC(=O)CC(N)C(=O)OC=O. The highest BCUT2D eigenvalue weighted by atomic mass is 16.6. The van der Waals surface area contributed by atoms with E-state index in [-0.39, 0.29) is 18.7 Å². The van der Waals surface area contributed by atoms with E-state index < -0.39 is 12.0 Å². The van der Waals surface area contributed by atoms with Crippen LogP contribution in [-0.4, -0.2) is 24.3 Å². The van der Waals surface area contributed by atoms with E-state index in [0.717, 1.165) is 0 Å². The van der Waals surface area contributed by atoms with Crippen LogP contribution >= 0.6 is 0 Å². The first-order valence-corrected chi connectivity index (χ1v) is 2.97. The highest BCUT2D eigenvalue weighted by molar-refractivity contribution is 5.87. The van der Waals surface area contributed by atoms with Crippen LogP contribution in [0, 0.1) is 0 Å². The van der Waals surface area contributed by atoms with Crippen molar-refractivity contribution in [2.24, 2.45) is 5.73 Å². The predicted molar refractivity (Wildman–Crippen MR) is 35.4 cm³/mol. The Morgan fingerprint density at radius 3 is 2.55 bits per heavy atom. The maximum atomic E-state index is 10.5. The monoisotopic (exact) mass is 159 g/mol. The van der Waals surface area contributed by atoms with Crippen LogP contribution in [0.15, 0.2) is 0 Å². The number of carbonyl (C=O) groups excluding carboxylic acids is 3. The molecule has 1 unspecified atom stereocenters. The van der Waals surface area contributed by atoms with Crippen molar-refractivity contribution in [3.05, 3.63) is 0 Å². The van der Waals surface area contributed by atoms with Crippen molar-refractivity contribution < 1.29 is 19.1 Å². The summed E-state index contributed by atoms with van der Waals surface area (Å²) in [6.07, 6.45) is -0.104. The summed E-state index contributed by atoms with van der Waals surface area (Å²) in [5.41, 5.74) is 5.15. The number of rotatable bonds is 4. The fourth-order valence-corrected chi connectivity index (χ4v) is 0.528. The molecule has 0 aromatic rings. The van der Waals surface area contributed by atoms with E-state index >= 15 is 0 Å². The van der Waals surface area contributed by atoms with E-state index in [0.29, 0.717) is 0 Å². The molecule has 0 aromatic heterocycles. The number of ether oxygens (including phenoxy) is 1. The molecule has 0 saturated heterocycles. The Hall–Kier alpha value is -1.23. The Balaban J connectivity index is 3.81. The summed E-state index contributed by atoms with van der Waals surface area (Å²) in [5.74, 6) is -1.10. The Morgan fingerprint density at radius 2 is 2.18 bits per heavy atom. The van der Waals surface area contributed by atoms with Crippen molar-refractivity contribution in [2.45, 2.75) is 19.4 Å². The maximum absolute atomic E-state index is 10.5. The van der Waals surface area contributed by atoms with Gasteiger partial charge in [-0.05, 0) is 6.92 Å². The molecule has 0 heterocycles. The molecule has 0 aromatic carbocycles. The van der Waals surface area contributed by atoms with E-state index in [1.165, 1.54) is 6.92 Å². The summed E-state index contributed by atoms with van der Waals surface area (Å²) in [5, 5.41) is 0. The molecule has 0 saturated carbocycles. The predicted octanol–water partition coefficient (Wildman–Crippen LogP) is -1.01. The fraction of sp³-hybridized carbons (Fsp3) is 0.500.